The molecule has 2 heteroatoms. The normalized spacial score (nSPS) is 34.2. The van der Waals surface area contributed by atoms with Crippen LogP contribution in [0.4, 0.5) is 0 Å². The van der Waals surface area contributed by atoms with Gasteiger partial charge in [0, 0.05) is 5.70 Å². The predicted octanol–water partition coefficient (Wildman–Crippen LogP) is 7.59. The molecule has 3 rings (SSSR count). The summed E-state index contributed by atoms with van der Waals surface area (Å²) in [6.45, 7) is 12.8. The van der Waals surface area contributed by atoms with E-state index in [1.54, 1.807) is 0 Å². The van der Waals surface area contributed by atoms with E-state index in [9.17, 15) is 0 Å². The van der Waals surface area contributed by atoms with Gasteiger partial charge in [-0.05, 0) is 100 Å². The van der Waals surface area contributed by atoms with Crippen LogP contribution >= 0.6 is 8.86 Å². The highest BCUT2D eigenvalue weighted by molar-refractivity contribution is 7.18. The molecule has 3 aliphatic rings. The van der Waals surface area contributed by atoms with Gasteiger partial charge in [0.1, 0.15) is 0 Å². The van der Waals surface area contributed by atoms with Gasteiger partial charge in [0.2, 0.25) is 0 Å². The zero-order valence-corrected chi connectivity index (χ0v) is 20.0. The van der Waals surface area contributed by atoms with Crippen LogP contribution < -0.4 is 5.32 Å². The number of hydrogen-bond acceptors (Lipinski definition) is 1. The molecule has 0 aromatic rings. The Bertz CT molecular complexity index is 766. The van der Waals surface area contributed by atoms with E-state index in [2.05, 4.69) is 77.6 Å². The Hall–Kier alpha value is -1.59. The van der Waals surface area contributed by atoms with E-state index in [4.69, 9.17) is 0 Å². The van der Waals surface area contributed by atoms with Crippen molar-refractivity contribution in [3.63, 3.8) is 0 Å². The maximum atomic E-state index is 4.49. The minimum Gasteiger partial charge on any atom is -0.382 e. The second-order valence-electron chi connectivity index (χ2n) is 9.61. The van der Waals surface area contributed by atoms with Crippen LogP contribution in [-0.4, -0.2) is 11.8 Å². The summed E-state index contributed by atoms with van der Waals surface area (Å²) in [6, 6.07) is 0.426. The molecule has 0 aromatic heterocycles. The van der Waals surface area contributed by atoms with Gasteiger partial charge >= 0.3 is 0 Å². The summed E-state index contributed by atoms with van der Waals surface area (Å²) in [7, 11) is 3.43. The molecule has 2 fully saturated rings. The monoisotopic (exact) mass is 421 g/mol. The molecule has 5 atom stereocenters. The molecule has 162 valence electrons. The molecule has 0 amide bonds. The first-order valence-electron chi connectivity index (χ1n) is 11.8. The van der Waals surface area contributed by atoms with Gasteiger partial charge < -0.3 is 5.32 Å². The summed E-state index contributed by atoms with van der Waals surface area (Å²) in [5, 5.41) is 3.92. The van der Waals surface area contributed by atoms with Crippen molar-refractivity contribution < 1.29 is 0 Å². The molecule has 0 spiro atoms. The van der Waals surface area contributed by atoms with Gasteiger partial charge in [-0.15, -0.1) is 8.86 Å². The Morgan fingerprint density at radius 1 is 1.13 bits per heavy atom. The lowest BCUT2D eigenvalue weighted by atomic mass is 9.54. The summed E-state index contributed by atoms with van der Waals surface area (Å²) in [4.78, 5) is 0. The fourth-order valence-corrected chi connectivity index (χ4v) is 5.56. The summed E-state index contributed by atoms with van der Waals surface area (Å²) in [5.74, 6) is 5.36. The average Bonchev–Trinajstić information content (AvgIpc) is 2.67. The lowest BCUT2D eigenvalue weighted by Gasteiger charge is -2.53. The molecule has 0 radical (unpaired) electrons. The smallest absolute Gasteiger partial charge is 0.0502 e. The zero-order valence-electron chi connectivity index (χ0n) is 19.0. The minimum atomic E-state index is 0.426. The summed E-state index contributed by atoms with van der Waals surface area (Å²) >= 11 is 0. The van der Waals surface area contributed by atoms with E-state index in [0.29, 0.717) is 6.04 Å². The lowest BCUT2D eigenvalue weighted by Crippen LogP contribution is -2.50. The van der Waals surface area contributed by atoms with Gasteiger partial charge in [0.25, 0.3) is 0 Å². The van der Waals surface area contributed by atoms with Crippen molar-refractivity contribution in [2.24, 2.45) is 23.7 Å². The maximum Gasteiger partial charge on any atom is 0.0502 e. The van der Waals surface area contributed by atoms with Crippen LogP contribution in [-0.2, 0) is 0 Å². The second-order valence-corrected chi connectivity index (χ2v) is 9.94. The molecule has 0 bridgehead atoms. The van der Waals surface area contributed by atoms with Crippen LogP contribution in [0.15, 0.2) is 72.0 Å². The van der Waals surface area contributed by atoms with E-state index >= 15 is 0 Å². The Morgan fingerprint density at radius 2 is 1.90 bits per heavy atom. The predicted molar refractivity (Wildman–Crippen MR) is 136 cm³/mol. The van der Waals surface area contributed by atoms with Crippen molar-refractivity contribution in [2.75, 3.05) is 0 Å². The van der Waals surface area contributed by atoms with Crippen LogP contribution in [0, 0.1) is 23.7 Å². The van der Waals surface area contributed by atoms with Crippen molar-refractivity contribution in [3.8, 4) is 0 Å². The van der Waals surface area contributed by atoms with Crippen LogP contribution in [0.5, 0.6) is 0 Å². The van der Waals surface area contributed by atoms with Crippen molar-refractivity contribution in [1.29, 1.82) is 0 Å². The fourth-order valence-electron chi connectivity index (χ4n) is 5.43. The molecule has 1 heterocycles. The van der Waals surface area contributed by atoms with Crippen LogP contribution in [0.3, 0.4) is 0 Å². The summed E-state index contributed by atoms with van der Waals surface area (Å²) < 4.78 is 0. The van der Waals surface area contributed by atoms with Crippen LogP contribution in [0.2, 0.25) is 0 Å². The van der Waals surface area contributed by atoms with Crippen LogP contribution in [0.1, 0.15) is 65.2 Å². The van der Waals surface area contributed by atoms with Crippen molar-refractivity contribution in [2.45, 2.75) is 71.3 Å². The maximum absolute atomic E-state index is 4.49. The topological polar surface area (TPSA) is 12.0 Å². The molecule has 5 unspecified atom stereocenters. The van der Waals surface area contributed by atoms with E-state index in [0.717, 1.165) is 42.9 Å². The number of allylic oxidation sites excluding steroid dienone is 9. The van der Waals surface area contributed by atoms with Crippen molar-refractivity contribution >= 4 is 14.7 Å². The largest absolute Gasteiger partial charge is 0.382 e. The highest BCUT2D eigenvalue weighted by atomic mass is 31.0. The molecular formula is C28H40NP. The molecular weight excluding hydrogens is 381 g/mol. The molecule has 30 heavy (non-hydrogen) atoms. The van der Waals surface area contributed by atoms with E-state index in [-0.39, 0.29) is 0 Å². The molecule has 2 saturated carbocycles. The van der Waals surface area contributed by atoms with E-state index < -0.39 is 0 Å². The van der Waals surface area contributed by atoms with E-state index in [1.165, 1.54) is 54.5 Å². The zero-order chi connectivity index (χ0) is 21.5. The first-order chi connectivity index (χ1) is 14.5. The average molecular weight is 422 g/mol. The standard InChI is InChI=1S/C28H40NP/c1-20(2)10-5-6-12-23-14-9-11-21(3)28(29-22(23)4)27-18-17-26(27)25-16-15-24(25)13-7-8-19-30/h5-9,14,19,24-30H,1,3,10-13,15-18H2,2,4H3/b6-5-,8-7-,14-9?,23-22-. The SMILES string of the molecule is C=C(C)C/C=C\C/C1=C(\C)NC(C2CCC2C2CCC2C/C=C\C=P)C(=C)CC=C1. The highest BCUT2D eigenvalue weighted by Gasteiger charge is 2.47. The molecule has 1 aliphatic heterocycles. The molecule has 1 N–H and O–H groups in total. The van der Waals surface area contributed by atoms with Gasteiger partial charge in [-0.2, -0.15) is 0 Å². The van der Waals surface area contributed by atoms with Crippen molar-refractivity contribution in [3.05, 3.63) is 72.0 Å². The Labute approximate surface area is 187 Å². The molecule has 1 nitrogen and oxygen atoms in total. The first kappa shape index (κ1) is 23.1. The summed E-state index contributed by atoms with van der Waals surface area (Å²) in [6.07, 6.45) is 23.4. The fraction of sp³-hybridized carbons (Fsp3) is 0.536. The van der Waals surface area contributed by atoms with Gasteiger partial charge in [-0.1, -0.05) is 60.8 Å². The minimum absolute atomic E-state index is 0.426. The number of nitrogens with one attached hydrogen (secondary N) is 1. The van der Waals surface area contributed by atoms with Crippen LogP contribution in [0.25, 0.3) is 0 Å². The molecule has 0 aromatic carbocycles. The Morgan fingerprint density at radius 3 is 2.53 bits per heavy atom. The van der Waals surface area contributed by atoms with E-state index in [1.807, 2.05) is 5.80 Å². The van der Waals surface area contributed by atoms with Gasteiger partial charge in [-0.3, -0.25) is 0 Å². The lowest BCUT2D eigenvalue weighted by molar-refractivity contribution is -0.00387. The second kappa shape index (κ2) is 11.1. The first-order valence-corrected chi connectivity index (χ1v) is 12.3. The van der Waals surface area contributed by atoms with Gasteiger partial charge in [0.15, 0.2) is 0 Å². The third kappa shape index (κ3) is 5.76. The van der Waals surface area contributed by atoms with Gasteiger partial charge in [-0.25, -0.2) is 0 Å². The number of rotatable bonds is 9. The molecule has 0 saturated heterocycles. The third-order valence-corrected chi connectivity index (χ3v) is 7.66. The van der Waals surface area contributed by atoms with Crippen molar-refractivity contribution in [1.82, 2.24) is 5.32 Å². The third-order valence-electron chi connectivity index (χ3n) is 7.47. The molecule has 2 aliphatic carbocycles. The Kier molecular flexibility index (Phi) is 8.58. The number of hydrogen-bond donors (Lipinski definition) is 1. The highest BCUT2D eigenvalue weighted by Crippen LogP contribution is 2.53. The van der Waals surface area contributed by atoms with Gasteiger partial charge in [0.05, 0.1) is 6.04 Å². The Balaban J connectivity index is 1.64. The quantitative estimate of drug-likeness (QED) is 0.299. The summed E-state index contributed by atoms with van der Waals surface area (Å²) in [5.41, 5.74) is 5.30.